The summed E-state index contributed by atoms with van der Waals surface area (Å²) < 4.78 is 0. The lowest BCUT2D eigenvalue weighted by molar-refractivity contribution is -0.147. The summed E-state index contributed by atoms with van der Waals surface area (Å²) >= 11 is 1.49. The van der Waals surface area contributed by atoms with Crippen molar-refractivity contribution in [2.75, 3.05) is 18.8 Å². The SMILES string of the molecule is Cc1ccc(SCC(=O)N2CCC(C)(C(=O)O)C2)cc1. The van der Waals surface area contributed by atoms with Crippen LogP contribution in [0.4, 0.5) is 0 Å². The molecule has 4 nitrogen and oxygen atoms in total. The van der Waals surface area contributed by atoms with Crippen molar-refractivity contribution in [2.24, 2.45) is 5.41 Å². The molecule has 20 heavy (non-hydrogen) atoms. The molecule has 2 rings (SSSR count). The Hall–Kier alpha value is -1.49. The summed E-state index contributed by atoms with van der Waals surface area (Å²) in [5, 5.41) is 9.16. The summed E-state index contributed by atoms with van der Waals surface area (Å²) in [5.41, 5.74) is 0.405. The zero-order valence-corrected chi connectivity index (χ0v) is 12.6. The van der Waals surface area contributed by atoms with E-state index in [2.05, 4.69) is 0 Å². The largest absolute Gasteiger partial charge is 0.481 e. The van der Waals surface area contributed by atoms with Crippen LogP contribution in [-0.2, 0) is 9.59 Å². The van der Waals surface area contributed by atoms with Gasteiger partial charge < -0.3 is 10.0 Å². The van der Waals surface area contributed by atoms with Gasteiger partial charge in [-0.3, -0.25) is 9.59 Å². The molecule has 0 aliphatic carbocycles. The summed E-state index contributed by atoms with van der Waals surface area (Å²) in [6, 6.07) is 8.03. The van der Waals surface area contributed by atoms with Crippen molar-refractivity contribution in [1.82, 2.24) is 4.90 Å². The fraction of sp³-hybridized carbons (Fsp3) is 0.467. The molecule has 1 aliphatic rings. The molecule has 1 heterocycles. The molecule has 1 unspecified atom stereocenters. The van der Waals surface area contributed by atoms with E-state index in [1.54, 1.807) is 11.8 Å². The number of likely N-dealkylation sites (tertiary alicyclic amines) is 1. The summed E-state index contributed by atoms with van der Waals surface area (Å²) in [5.74, 6) is -0.446. The minimum absolute atomic E-state index is 0.0144. The molecule has 108 valence electrons. The third kappa shape index (κ3) is 3.33. The van der Waals surface area contributed by atoms with Crippen molar-refractivity contribution >= 4 is 23.6 Å². The molecule has 0 bridgehead atoms. The minimum atomic E-state index is -0.820. The van der Waals surface area contributed by atoms with Crippen molar-refractivity contribution < 1.29 is 14.7 Å². The van der Waals surface area contributed by atoms with Crippen LogP contribution in [-0.4, -0.2) is 40.7 Å². The number of aliphatic carboxylic acids is 1. The van der Waals surface area contributed by atoms with Crippen LogP contribution in [0.3, 0.4) is 0 Å². The average Bonchev–Trinajstić information content (AvgIpc) is 2.82. The van der Waals surface area contributed by atoms with E-state index in [0.29, 0.717) is 25.3 Å². The normalized spacial score (nSPS) is 22.0. The third-order valence-corrected chi connectivity index (χ3v) is 4.72. The maximum absolute atomic E-state index is 12.1. The Bertz CT molecular complexity index is 514. The first-order valence-corrected chi connectivity index (χ1v) is 7.60. The lowest BCUT2D eigenvalue weighted by Gasteiger charge is -2.20. The third-order valence-electron chi connectivity index (χ3n) is 3.73. The molecule has 1 saturated heterocycles. The average molecular weight is 293 g/mol. The van der Waals surface area contributed by atoms with Gasteiger partial charge in [-0.25, -0.2) is 0 Å². The lowest BCUT2D eigenvalue weighted by atomic mass is 9.90. The number of aryl methyl sites for hydroxylation is 1. The van der Waals surface area contributed by atoms with Gasteiger partial charge in [-0.2, -0.15) is 0 Å². The van der Waals surface area contributed by atoms with Crippen LogP contribution in [0.25, 0.3) is 0 Å². The second kappa shape index (κ2) is 5.87. The molecule has 1 atom stereocenters. The maximum atomic E-state index is 12.1. The summed E-state index contributed by atoms with van der Waals surface area (Å²) in [6.07, 6.45) is 0.531. The molecule has 1 aromatic carbocycles. The Balaban J connectivity index is 1.87. The summed E-state index contributed by atoms with van der Waals surface area (Å²) in [7, 11) is 0. The van der Waals surface area contributed by atoms with Crippen LogP contribution in [0.1, 0.15) is 18.9 Å². The molecule has 5 heteroatoms. The van der Waals surface area contributed by atoms with Crippen LogP contribution in [0.5, 0.6) is 0 Å². The first kappa shape index (κ1) is 14.9. The second-order valence-electron chi connectivity index (χ2n) is 5.53. The number of nitrogens with zero attached hydrogens (tertiary/aromatic N) is 1. The number of benzene rings is 1. The number of carboxylic acid groups (broad SMARTS) is 1. The van der Waals surface area contributed by atoms with Crippen molar-refractivity contribution in [1.29, 1.82) is 0 Å². The van der Waals surface area contributed by atoms with Gasteiger partial charge in [-0.05, 0) is 32.4 Å². The van der Waals surface area contributed by atoms with Gasteiger partial charge in [-0.1, -0.05) is 17.7 Å². The number of carbonyl (C=O) groups is 2. The second-order valence-corrected chi connectivity index (χ2v) is 6.58. The van der Waals surface area contributed by atoms with E-state index in [0.717, 1.165) is 4.90 Å². The molecule has 1 amide bonds. The molecule has 0 radical (unpaired) electrons. The van der Waals surface area contributed by atoms with Crippen molar-refractivity contribution in [3.8, 4) is 0 Å². The van der Waals surface area contributed by atoms with Gasteiger partial charge in [0.2, 0.25) is 5.91 Å². The Labute approximate surface area is 123 Å². The number of carbonyl (C=O) groups excluding carboxylic acids is 1. The first-order chi connectivity index (χ1) is 9.40. The maximum Gasteiger partial charge on any atom is 0.311 e. The standard InChI is InChI=1S/C15H19NO3S/c1-11-3-5-12(6-4-11)20-9-13(17)16-8-7-15(2,10-16)14(18)19/h3-6H,7-10H2,1-2H3,(H,18,19). The highest BCUT2D eigenvalue weighted by atomic mass is 32.2. The van der Waals surface area contributed by atoms with Crippen LogP contribution in [0.2, 0.25) is 0 Å². The molecule has 1 aliphatic heterocycles. The molecular weight excluding hydrogens is 274 g/mol. The number of thioether (sulfide) groups is 1. The van der Waals surface area contributed by atoms with Crippen molar-refractivity contribution in [3.63, 3.8) is 0 Å². The smallest absolute Gasteiger partial charge is 0.311 e. The molecular formula is C15H19NO3S. The first-order valence-electron chi connectivity index (χ1n) is 6.61. The Morgan fingerprint density at radius 2 is 2.00 bits per heavy atom. The van der Waals surface area contributed by atoms with Gasteiger partial charge in [0, 0.05) is 18.0 Å². The monoisotopic (exact) mass is 293 g/mol. The molecule has 1 fully saturated rings. The zero-order chi connectivity index (χ0) is 14.8. The number of carboxylic acids is 1. The van der Waals surface area contributed by atoms with E-state index >= 15 is 0 Å². The molecule has 0 spiro atoms. The molecule has 0 saturated carbocycles. The molecule has 1 N–H and O–H groups in total. The predicted octanol–water partition coefficient (Wildman–Crippen LogP) is 2.41. The summed E-state index contributed by atoms with van der Waals surface area (Å²) in [4.78, 5) is 26.0. The van der Waals surface area contributed by atoms with E-state index in [4.69, 9.17) is 5.11 Å². The Morgan fingerprint density at radius 1 is 1.35 bits per heavy atom. The highest BCUT2D eigenvalue weighted by molar-refractivity contribution is 8.00. The number of hydrogen-bond acceptors (Lipinski definition) is 3. The van der Waals surface area contributed by atoms with Crippen LogP contribution in [0.15, 0.2) is 29.2 Å². The topological polar surface area (TPSA) is 57.6 Å². The number of hydrogen-bond donors (Lipinski definition) is 1. The van der Waals surface area contributed by atoms with Gasteiger partial charge in [0.05, 0.1) is 11.2 Å². The van der Waals surface area contributed by atoms with Crippen molar-refractivity contribution in [2.45, 2.75) is 25.2 Å². The fourth-order valence-corrected chi connectivity index (χ4v) is 3.02. The Morgan fingerprint density at radius 3 is 2.55 bits per heavy atom. The molecule has 0 aromatic heterocycles. The van der Waals surface area contributed by atoms with E-state index in [9.17, 15) is 9.59 Å². The minimum Gasteiger partial charge on any atom is -0.481 e. The van der Waals surface area contributed by atoms with E-state index in [-0.39, 0.29) is 5.91 Å². The van der Waals surface area contributed by atoms with Crippen LogP contribution in [0, 0.1) is 12.3 Å². The van der Waals surface area contributed by atoms with Crippen LogP contribution < -0.4 is 0 Å². The predicted molar refractivity (Wildman–Crippen MR) is 78.8 cm³/mol. The van der Waals surface area contributed by atoms with E-state index in [1.807, 2.05) is 31.2 Å². The zero-order valence-electron chi connectivity index (χ0n) is 11.8. The quantitative estimate of drug-likeness (QED) is 0.866. The highest BCUT2D eigenvalue weighted by Crippen LogP contribution is 2.30. The summed E-state index contributed by atoms with van der Waals surface area (Å²) in [6.45, 7) is 4.58. The number of amides is 1. The highest BCUT2D eigenvalue weighted by Gasteiger charge is 2.41. The van der Waals surface area contributed by atoms with Gasteiger partial charge in [0.25, 0.3) is 0 Å². The lowest BCUT2D eigenvalue weighted by Crippen LogP contribution is -2.35. The fourth-order valence-electron chi connectivity index (χ4n) is 2.22. The van der Waals surface area contributed by atoms with Gasteiger partial charge >= 0.3 is 5.97 Å². The van der Waals surface area contributed by atoms with Gasteiger partial charge in [0.15, 0.2) is 0 Å². The van der Waals surface area contributed by atoms with E-state index in [1.165, 1.54) is 17.3 Å². The van der Waals surface area contributed by atoms with Gasteiger partial charge in [-0.15, -0.1) is 11.8 Å². The van der Waals surface area contributed by atoms with E-state index < -0.39 is 11.4 Å². The Kier molecular flexibility index (Phi) is 4.38. The van der Waals surface area contributed by atoms with Crippen LogP contribution >= 0.6 is 11.8 Å². The number of rotatable bonds is 4. The molecule has 1 aromatic rings. The van der Waals surface area contributed by atoms with Crippen molar-refractivity contribution in [3.05, 3.63) is 29.8 Å². The van der Waals surface area contributed by atoms with Gasteiger partial charge in [0.1, 0.15) is 0 Å².